The van der Waals surface area contributed by atoms with Crippen LogP contribution in [0.15, 0.2) is 36.4 Å². The highest BCUT2D eigenvalue weighted by Gasteiger charge is 2.09. The number of benzene rings is 1. The SMILES string of the molecule is Cc1ccc(-c2cccc(Cl)c2)n1C(C)C. The Morgan fingerprint density at radius 2 is 1.88 bits per heavy atom. The summed E-state index contributed by atoms with van der Waals surface area (Å²) in [6.45, 7) is 6.52. The van der Waals surface area contributed by atoms with Gasteiger partial charge in [0, 0.05) is 22.5 Å². The summed E-state index contributed by atoms with van der Waals surface area (Å²) in [5, 5.41) is 0.784. The molecule has 84 valence electrons. The maximum atomic E-state index is 6.02. The van der Waals surface area contributed by atoms with Gasteiger partial charge in [-0.2, -0.15) is 0 Å². The molecule has 0 amide bonds. The molecule has 1 heterocycles. The number of hydrogen-bond acceptors (Lipinski definition) is 0. The van der Waals surface area contributed by atoms with Crippen molar-refractivity contribution in [1.82, 2.24) is 4.57 Å². The van der Waals surface area contributed by atoms with Crippen LogP contribution in [0.3, 0.4) is 0 Å². The van der Waals surface area contributed by atoms with Crippen LogP contribution in [0.4, 0.5) is 0 Å². The zero-order valence-electron chi connectivity index (χ0n) is 9.87. The molecular weight excluding hydrogens is 218 g/mol. The molecule has 1 nitrogen and oxygen atoms in total. The van der Waals surface area contributed by atoms with Crippen molar-refractivity contribution in [3.63, 3.8) is 0 Å². The van der Waals surface area contributed by atoms with E-state index in [4.69, 9.17) is 11.6 Å². The molecule has 0 radical (unpaired) electrons. The number of halogens is 1. The highest BCUT2D eigenvalue weighted by molar-refractivity contribution is 6.30. The number of aryl methyl sites for hydroxylation is 1. The van der Waals surface area contributed by atoms with E-state index < -0.39 is 0 Å². The molecule has 1 aromatic heterocycles. The van der Waals surface area contributed by atoms with Crippen molar-refractivity contribution in [2.75, 3.05) is 0 Å². The van der Waals surface area contributed by atoms with E-state index in [0.717, 1.165) is 5.02 Å². The minimum absolute atomic E-state index is 0.462. The van der Waals surface area contributed by atoms with E-state index in [0.29, 0.717) is 6.04 Å². The summed E-state index contributed by atoms with van der Waals surface area (Å²) in [5.41, 5.74) is 3.69. The van der Waals surface area contributed by atoms with Gasteiger partial charge in [-0.1, -0.05) is 23.7 Å². The minimum Gasteiger partial charge on any atom is -0.342 e. The molecule has 2 aromatic rings. The van der Waals surface area contributed by atoms with Crippen LogP contribution >= 0.6 is 11.6 Å². The van der Waals surface area contributed by atoms with Gasteiger partial charge in [0.1, 0.15) is 0 Å². The lowest BCUT2D eigenvalue weighted by molar-refractivity contribution is 0.595. The maximum absolute atomic E-state index is 6.02. The Labute approximate surface area is 102 Å². The first-order chi connectivity index (χ1) is 7.59. The molecule has 0 unspecified atom stereocenters. The van der Waals surface area contributed by atoms with Gasteiger partial charge >= 0.3 is 0 Å². The molecule has 0 spiro atoms. The lowest BCUT2D eigenvalue weighted by Crippen LogP contribution is -2.04. The molecule has 1 aromatic carbocycles. The van der Waals surface area contributed by atoms with E-state index in [9.17, 15) is 0 Å². The Balaban J connectivity index is 2.56. The van der Waals surface area contributed by atoms with E-state index in [1.54, 1.807) is 0 Å². The van der Waals surface area contributed by atoms with Gasteiger partial charge in [0.25, 0.3) is 0 Å². The van der Waals surface area contributed by atoms with Gasteiger partial charge in [-0.25, -0.2) is 0 Å². The summed E-state index contributed by atoms with van der Waals surface area (Å²) in [5.74, 6) is 0. The zero-order valence-corrected chi connectivity index (χ0v) is 10.6. The summed E-state index contributed by atoms with van der Waals surface area (Å²) >= 11 is 6.02. The minimum atomic E-state index is 0.462. The summed E-state index contributed by atoms with van der Waals surface area (Å²) in [7, 11) is 0. The predicted molar refractivity (Wildman–Crippen MR) is 70.0 cm³/mol. The molecular formula is C14H16ClN. The summed E-state index contributed by atoms with van der Waals surface area (Å²) < 4.78 is 2.33. The molecule has 0 N–H and O–H groups in total. The highest BCUT2D eigenvalue weighted by Crippen LogP contribution is 2.27. The summed E-state index contributed by atoms with van der Waals surface area (Å²) in [4.78, 5) is 0. The fourth-order valence-corrected chi connectivity index (χ4v) is 2.31. The van der Waals surface area contributed by atoms with Crippen molar-refractivity contribution >= 4 is 11.6 Å². The number of nitrogens with zero attached hydrogens (tertiary/aromatic N) is 1. The fraction of sp³-hybridized carbons (Fsp3) is 0.286. The molecule has 0 fully saturated rings. The Bertz CT molecular complexity index is 497. The number of aromatic nitrogens is 1. The fourth-order valence-electron chi connectivity index (χ4n) is 2.12. The third kappa shape index (κ3) is 2.00. The van der Waals surface area contributed by atoms with Crippen LogP contribution < -0.4 is 0 Å². The van der Waals surface area contributed by atoms with E-state index in [1.807, 2.05) is 18.2 Å². The van der Waals surface area contributed by atoms with E-state index in [1.165, 1.54) is 17.0 Å². The molecule has 0 bridgehead atoms. The molecule has 2 rings (SSSR count). The topological polar surface area (TPSA) is 4.93 Å². The Morgan fingerprint density at radius 3 is 2.50 bits per heavy atom. The van der Waals surface area contributed by atoms with Crippen LogP contribution in [-0.2, 0) is 0 Å². The molecule has 0 aliphatic rings. The lowest BCUT2D eigenvalue weighted by atomic mass is 10.1. The van der Waals surface area contributed by atoms with Crippen molar-refractivity contribution in [2.45, 2.75) is 26.8 Å². The van der Waals surface area contributed by atoms with Crippen molar-refractivity contribution in [1.29, 1.82) is 0 Å². The van der Waals surface area contributed by atoms with Crippen LogP contribution in [0.25, 0.3) is 11.3 Å². The Morgan fingerprint density at radius 1 is 1.12 bits per heavy atom. The van der Waals surface area contributed by atoms with Crippen molar-refractivity contribution in [3.8, 4) is 11.3 Å². The molecule has 2 heteroatoms. The van der Waals surface area contributed by atoms with E-state index in [-0.39, 0.29) is 0 Å². The smallest absolute Gasteiger partial charge is 0.0485 e. The third-order valence-electron chi connectivity index (χ3n) is 2.76. The van der Waals surface area contributed by atoms with E-state index in [2.05, 4.69) is 43.5 Å². The van der Waals surface area contributed by atoms with Crippen molar-refractivity contribution < 1.29 is 0 Å². The average molecular weight is 234 g/mol. The van der Waals surface area contributed by atoms with Crippen LogP contribution in [-0.4, -0.2) is 4.57 Å². The number of hydrogen-bond donors (Lipinski definition) is 0. The zero-order chi connectivity index (χ0) is 11.7. The second-order valence-corrected chi connectivity index (χ2v) is 4.77. The Hall–Kier alpha value is -1.21. The second-order valence-electron chi connectivity index (χ2n) is 4.33. The van der Waals surface area contributed by atoms with Crippen LogP contribution in [0, 0.1) is 6.92 Å². The first kappa shape index (κ1) is 11.3. The van der Waals surface area contributed by atoms with Gasteiger partial charge < -0.3 is 4.57 Å². The van der Waals surface area contributed by atoms with Gasteiger partial charge in [-0.3, -0.25) is 0 Å². The average Bonchev–Trinajstić information content (AvgIpc) is 2.60. The van der Waals surface area contributed by atoms with Crippen LogP contribution in [0.1, 0.15) is 25.6 Å². The van der Waals surface area contributed by atoms with E-state index >= 15 is 0 Å². The molecule has 0 aliphatic heterocycles. The first-order valence-corrected chi connectivity index (χ1v) is 5.91. The third-order valence-corrected chi connectivity index (χ3v) is 2.99. The largest absolute Gasteiger partial charge is 0.342 e. The molecule has 0 saturated carbocycles. The van der Waals surface area contributed by atoms with Gasteiger partial charge in [0.15, 0.2) is 0 Å². The van der Waals surface area contributed by atoms with Gasteiger partial charge in [-0.05, 0) is 50.6 Å². The molecule has 16 heavy (non-hydrogen) atoms. The molecule has 0 atom stereocenters. The van der Waals surface area contributed by atoms with Crippen molar-refractivity contribution in [3.05, 3.63) is 47.1 Å². The van der Waals surface area contributed by atoms with Crippen LogP contribution in [0.5, 0.6) is 0 Å². The summed E-state index contributed by atoms with van der Waals surface area (Å²) in [6, 6.07) is 12.8. The highest BCUT2D eigenvalue weighted by atomic mass is 35.5. The molecule has 0 saturated heterocycles. The monoisotopic (exact) mass is 233 g/mol. The lowest BCUT2D eigenvalue weighted by Gasteiger charge is -2.15. The first-order valence-electron chi connectivity index (χ1n) is 5.53. The maximum Gasteiger partial charge on any atom is 0.0485 e. The quantitative estimate of drug-likeness (QED) is 0.709. The van der Waals surface area contributed by atoms with Gasteiger partial charge in [-0.15, -0.1) is 0 Å². The standard InChI is InChI=1S/C14H16ClN/c1-10(2)16-11(3)7-8-14(16)12-5-4-6-13(15)9-12/h4-10H,1-3H3. The van der Waals surface area contributed by atoms with Gasteiger partial charge in [0.05, 0.1) is 0 Å². The summed E-state index contributed by atoms with van der Waals surface area (Å²) in [6.07, 6.45) is 0. The second kappa shape index (κ2) is 4.34. The predicted octanol–water partition coefficient (Wildman–Crippen LogP) is 4.70. The molecule has 0 aliphatic carbocycles. The van der Waals surface area contributed by atoms with Crippen LogP contribution in [0.2, 0.25) is 5.02 Å². The number of rotatable bonds is 2. The van der Waals surface area contributed by atoms with Crippen molar-refractivity contribution in [2.24, 2.45) is 0 Å². The Kier molecular flexibility index (Phi) is 3.06. The normalized spacial score (nSPS) is 11.1. The van der Waals surface area contributed by atoms with Gasteiger partial charge in [0.2, 0.25) is 0 Å².